The van der Waals surface area contributed by atoms with Gasteiger partial charge >= 0.3 is 0 Å². The summed E-state index contributed by atoms with van der Waals surface area (Å²) in [6.45, 7) is 3.76. The summed E-state index contributed by atoms with van der Waals surface area (Å²) in [4.78, 5) is 6.72. The molecule has 0 fully saturated rings. The molecular formula is C22H27N3O4. The Balaban J connectivity index is 1.78. The zero-order chi connectivity index (χ0) is 20.8. The van der Waals surface area contributed by atoms with Gasteiger partial charge in [-0.15, -0.1) is 0 Å². The van der Waals surface area contributed by atoms with E-state index in [4.69, 9.17) is 18.9 Å². The topological polar surface area (TPSA) is 79.5 Å². The van der Waals surface area contributed by atoms with Gasteiger partial charge in [-0.3, -0.25) is 0 Å². The highest BCUT2D eigenvalue weighted by atomic mass is 16.5. The predicted octanol–water partition coefficient (Wildman–Crippen LogP) is 3.75. The summed E-state index contributed by atoms with van der Waals surface area (Å²) in [6.07, 6.45) is 0. The molecule has 0 bridgehead atoms. The lowest BCUT2D eigenvalue weighted by Crippen LogP contribution is -2.38. The number of aliphatic imine (C=N–C) groups is 1. The smallest absolute Gasteiger partial charge is 0.200 e. The van der Waals surface area contributed by atoms with Gasteiger partial charge in [0.15, 0.2) is 17.5 Å². The Morgan fingerprint density at radius 3 is 2.45 bits per heavy atom. The number of phenolic OH excluding ortho intramolecular Hbond substituents is 1. The van der Waals surface area contributed by atoms with Gasteiger partial charge < -0.3 is 29.2 Å². The van der Waals surface area contributed by atoms with Crippen LogP contribution in [0.2, 0.25) is 0 Å². The van der Waals surface area contributed by atoms with Crippen LogP contribution in [0, 0.1) is 0 Å². The monoisotopic (exact) mass is 397 g/mol. The van der Waals surface area contributed by atoms with Crippen molar-refractivity contribution in [2.45, 2.75) is 20.0 Å². The highest BCUT2D eigenvalue weighted by Gasteiger charge is 2.13. The second-order valence-corrected chi connectivity index (χ2v) is 6.63. The molecule has 0 aliphatic carbocycles. The number of benzene rings is 2. The Bertz CT molecular complexity index is 939. The number of aromatic hydroxyl groups is 1. The van der Waals surface area contributed by atoms with Crippen molar-refractivity contribution < 1.29 is 19.0 Å². The number of fused-ring (bicyclic) bond motifs is 1. The van der Waals surface area contributed by atoms with Gasteiger partial charge in [0.2, 0.25) is 5.75 Å². The van der Waals surface area contributed by atoms with Gasteiger partial charge in [0.25, 0.3) is 0 Å². The van der Waals surface area contributed by atoms with Crippen molar-refractivity contribution in [3.63, 3.8) is 0 Å². The zero-order valence-electron chi connectivity index (χ0n) is 17.2. The molecule has 3 aromatic rings. The van der Waals surface area contributed by atoms with Crippen LogP contribution in [-0.2, 0) is 13.1 Å². The van der Waals surface area contributed by atoms with E-state index in [0.29, 0.717) is 24.6 Å². The average molecular weight is 397 g/mol. The van der Waals surface area contributed by atoms with E-state index in [9.17, 15) is 5.11 Å². The van der Waals surface area contributed by atoms with Crippen LogP contribution in [0.25, 0.3) is 11.0 Å². The van der Waals surface area contributed by atoms with Crippen LogP contribution >= 0.6 is 0 Å². The third-order valence-corrected chi connectivity index (χ3v) is 4.52. The summed E-state index contributed by atoms with van der Waals surface area (Å²) < 4.78 is 16.4. The lowest BCUT2D eigenvalue weighted by atomic mass is 10.2. The molecule has 0 unspecified atom stereocenters. The van der Waals surface area contributed by atoms with Crippen molar-refractivity contribution in [2.75, 3.05) is 27.8 Å². The maximum atomic E-state index is 10.1. The molecule has 2 N–H and O–H groups in total. The van der Waals surface area contributed by atoms with Gasteiger partial charge in [-0.25, -0.2) is 4.99 Å². The fourth-order valence-corrected chi connectivity index (χ4v) is 3.10. The molecule has 154 valence electrons. The van der Waals surface area contributed by atoms with Crippen LogP contribution in [0.3, 0.4) is 0 Å². The average Bonchev–Trinajstić information content (AvgIpc) is 3.13. The number of nitrogens with one attached hydrogen (secondary N) is 1. The third kappa shape index (κ3) is 4.74. The minimum Gasteiger partial charge on any atom is -0.502 e. The summed E-state index contributed by atoms with van der Waals surface area (Å²) >= 11 is 0. The van der Waals surface area contributed by atoms with Crippen molar-refractivity contribution in [1.82, 2.24) is 10.2 Å². The van der Waals surface area contributed by atoms with Crippen LogP contribution in [0.1, 0.15) is 18.2 Å². The molecule has 0 radical (unpaired) electrons. The van der Waals surface area contributed by atoms with Gasteiger partial charge in [0.1, 0.15) is 11.3 Å². The highest BCUT2D eigenvalue weighted by molar-refractivity contribution is 5.80. The first-order valence-electron chi connectivity index (χ1n) is 9.46. The van der Waals surface area contributed by atoms with E-state index in [1.54, 1.807) is 12.1 Å². The minimum absolute atomic E-state index is 0.0170. The Labute approximate surface area is 170 Å². The van der Waals surface area contributed by atoms with E-state index in [1.807, 2.05) is 49.2 Å². The number of rotatable bonds is 7. The number of methoxy groups -OCH3 is 2. The van der Waals surface area contributed by atoms with Gasteiger partial charge in [-0.1, -0.05) is 18.2 Å². The van der Waals surface area contributed by atoms with Crippen LogP contribution in [-0.4, -0.2) is 43.8 Å². The van der Waals surface area contributed by atoms with E-state index in [2.05, 4.69) is 5.32 Å². The molecule has 1 aromatic heterocycles. The highest BCUT2D eigenvalue weighted by Crippen LogP contribution is 2.37. The molecule has 0 amide bonds. The van der Waals surface area contributed by atoms with Crippen molar-refractivity contribution >= 4 is 16.9 Å². The zero-order valence-corrected chi connectivity index (χ0v) is 17.2. The van der Waals surface area contributed by atoms with Crippen molar-refractivity contribution in [3.8, 4) is 17.2 Å². The van der Waals surface area contributed by atoms with Crippen molar-refractivity contribution in [3.05, 3.63) is 53.8 Å². The molecule has 0 saturated carbocycles. The van der Waals surface area contributed by atoms with Gasteiger partial charge in [-0.2, -0.15) is 0 Å². The Morgan fingerprint density at radius 2 is 1.83 bits per heavy atom. The van der Waals surface area contributed by atoms with Crippen LogP contribution in [0.4, 0.5) is 0 Å². The molecule has 0 saturated heterocycles. The summed E-state index contributed by atoms with van der Waals surface area (Å²) in [5.74, 6) is 2.31. The predicted molar refractivity (Wildman–Crippen MR) is 114 cm³/mol. The molecule has 0 atom stereocenters. The summed E-state index contributed by atoms with van der Waals surface area (Å²) in [5.41, 5.74) is 1.74. The number of furan rings is 1. The number of hydrogen-bond donors (Lipinski definition) is 2. The van der Waals surface area contributed by atoms with E-state index >= 15 is 0 Å². The lowest BCUT2D eigenvalue weighted by molar-refractivity contribution is 0.339. The molecule has 7 heteroatoms. The first kappa shape index (κ1) is 20.4. The quantitative estimate of drug-likeness (QED) is 0.467. The first-order chi connectivity index (χ1) is 14.0. The Hall–Kier alpha value is -3.35. The number of ether oxygens (including phenoxy) is 2. The molecule has 0 aliphatic rings. The molecule has 0 aliphatic heterocycles. The number of nitrogens with zero attached hydrogens (tertiary/aromatic N) is 2. The summed E-state index contributed by atoms with van der Waals surface area (Å²) in [6, 6.07) is 13.5. The SMILES string of the molecule is CCNC(=NCc1cc(OC)c(O)c(OC)c1)N(C)Cc1cc2ccccc2o1. The van der Waals surface area contributed by atoms with E-state index < -0.39 is 0 Å². The first-order valence-corrected chi connectivity index (χ1v) is 9.46. The Kier molecular flexibility index (Phi) is 6.49. The van der Waals surface area contributed by atoms with Crippen LogP contribution in [0.5, 0.6) is 17.2 Å². The Morgan fingerprint density at radius 1 is 1.14 bits per heavy atom. The maximum Gasteiger partial charge on any atom is 0.200 e. The van der Waals surface area contributed by atoms with Crippen molar-refractivity contribution in [2.24, 2.45) is 4.99 Å². The van der Waals surface area contributed by atoms with E-state index in [1.165, 1.54) is 14.2 Å². The van der Waals surface area contributed by atoms with Crippen molar-refractivity contribution in [1.29, 1.82) is 0 Å². The molecule has 0 spiro atoms. The second kappa shape index (κ2) is 9.23. The fraction of sp³-hybridized carbons (Fsp3) is 0.318. The molecular weight excluding hydrogens is 370 g/mol. The summed E-state index contributed by atoms with van der Waals surface area (Å²) in [5, 5.41) is 14.5. The maximum absolute atomic E-state index is 10.1. The summed E-state index contributed by atoms with van der Waals surface area (Å²) in [7, 11) is 4.98. The normalized spacial score (nSPS) is 11.5. The molecule has 3 rings (SSSR count). The number of phenols is 1. The van der Waals surface area contributed by atoms with Gasteiger partial charge in [-0.05, 0) is 36.8 Å². The molecule has 7 nitrogen and oxygen atoms in total. The molecule has 1 heterocycles. The lowest BCUT2D eigenvalue weighted by Gasteiger charge is -2.21. The number of guanidine groups is 1. The van der Waals surface area contributed by atoms with Crippen LogP contribution < -0.4 is 14.8 Å². The molecule has 2 aromatic carbocycles. The van der Waals surface area contributed by atoms with Crippen LogP contribution in [0.15, 0.2) is 51.9 Å². The second-order valence-electron chi connectivity index (χ2n) is 6.63. The third-order valence-electron chi connectivity index (χ3n) is 4.52. The van der Waals surface area contributed by atoms with E-state index in [0.717, 1.165) is 34.8 Å². The minimum atomic E-state index is -0.0170. The number of hydrogen-bond acceptors (Lipinski definition) is 5. The van der Waals surface area contributed by atoms with E-state index in [-0.39, 0.29) is 5.75 Å². The fourth-order valence-electron chi connectivity index (χ4n) is 3.10. The molecule has 29 heavy (non-hydrogen) atoms. The number of para-hydroxylation sites is 1. The standard InChI is InChI=1S/C22H27N3O4/c1-5-23-22(24-13-15-10-19(27-3)21(26)20(11-15)28-4)25(2)14-17-12-16-8-6-7-9-18(16)29-17/h6-12,26H,5,13-14H2,1-4H3,(H,23,24). The van der Waals surface area contributed by atoms with Gasteiger partial charge in [0, 0.05) is 19.0 Å². The van der Waals surface area contributed by atoms with Gasteiger partial charge in [0.05, 0.1) is 27.3 Å². The largest absolute Gasteiger partial charge is 0.502 e.